The van der Waals surface area contributed by atoms with Crippen LogP contribution < -0.4 is 37.2 Å². The van der Waals surface area contributed by atoms with Crippen molar-refractivity contribution in [1.29, 1.82) is 0 Å². The molecule has 300 valence electrons. The van der Waals surface area contributed by atoms with E-state index in [1.54, 1.807) is 13.8 Å². The Morgan fingerprint density at radius 1 is 0.588 bits per heavy atom. The first-order valence-corrected chi connectivity index (χ1v) is 19.2. The van der Waals surface area contributed by atoms with E-state index in [1.807, 2.05) is 0 Å². The zero-order valence-corrected chi connectivity index (χ0v) is 31.7. The number of rotatable bonds is 28. The number of unbranched alkanes of at least 4 members (excludes halogenated alkanes) is 3. The smallest absolute Gasteiger partial charge is 0.417 e. The lowest BCUT2D eigenvalue weighted by molar-refractivity contribution is -0.000940. The molecule has 0 saturated carbocycles. The van der Waals surface area contributed by atoms with E-state index in [1.165, 1.54) is 0 Å². The Bertz CT molecular complexity index is 823. The molecule has 1 saturated heterocycles. The summed E-state index contributed by atoms with van der Waals surface area (Å²) < 4.78 is 27.1. The summed E-state index contributed by atoms with van der Waals surface area (Å²) in [6, 6.07) is -0.670. The number of amides is 5. The predicted octanol–water partition coefficient (Wildman–Crippen LogP) is 0.165. The molecule has 0 aliphatic carbocycles. The molecule has 0 aromatic rings. The number of imide groups is 1. The standard InChI is InChI=1S/C34H71N9O8/c1-3-43(34(46)51-4-2)33(45)41-12-8-6-5-7-11-39-32(44)40-20-25-48-27-29-50-31-30-49-28-26-47-24-19-35-10-9-21-42-22-17-37-15-13-36-14-16-38-18-23-42/h35-38H,3-31H2,1-2H3,(H,41,45)(H2,39,40,44). The fourth-order valence-electron chi connectivity index (χ4n) is 4.95. The average Bonchev–Trinajstić information content (AvgIpc) is 3.11. The number of hydrogen-bond acceptors (Lipinski definition) is 13. The molecule has 0 spiro atoms. The maximum atomic E-state index is 12.1. The summed E-state index contributed by atoms with van der Waals surface area (Å²) >= 11 is 0. The summed E-state index contributed by atoms with van der Waals surface area (Å²) in [6.45, 7) is 20.7. The molecule has 0 bridgehead atoms. The first-order chi connectivity index (χ1) is 25.1. The first kappa shape index (κ1) is 46.7. The maximum absolute atomic E-state index is 12.1. The van der Waals surface area contributed by atoms with Crippen LogP contribution in [0.4, 0.5) is 14.4 Å². The van der Waals surface area contributed by atoms with Crippen LogP contribution >= 0.6 is 0 Å². The molecule has 0 unspecified atom stereocenters. The Kier molecular flexibility index (Phi) is 33.0. The van der Waals surface area contributed by atoms with Crippen molar-refractivity contribution in [2.45, 2.75) is 46.0 Å². The van der Waals surface area contributed by atoms with Gasteiger partial charge in [-0.15, -0.1) is 0 Å². The van der Waals surface area contributed by atoms with E-state index < -0.39 is 12.1 Å². The van der Waals surface area contributed by atoms with E-state index in [9.17, 15) is 14.4 Å². The number of nitrogens with one attached hydrogen (secondary N) is 7. The van der Waals surface area contributed by atoms with Gasteiger partial charge in [-0.3, -0.25) is 0 Å². The van der Waals surface area contributed by atoms with Gasteiger partial charge in [0.15, 0.2) is 0 Å². The van der Waals surface area contributed by atoms with Gasteiger partial charge in [0.2, 0.25) is 0 Å². The topological polar surface area (TPSA) is 188 Å². The van der Waals surface area contributed by atoms with Crippen LogP contribution in [0.5, 0.6) is 0 Å². The summed E-state index contributed by atoms with van der Waals surface area (Å²) in [5.74, 6) is 0. The third kappa shape index (κ3) is 29.9. The second-order valence-electron chi connectivity index (χ2n) is 11.9. The van der Waals surface area contributed by atoms with Gasteiger partial charge in [-0.1, -0.05) is 12.8 Å². The largest absolute Gasteiger partial charge is 0.449 e. The number of carbonyl (C=O) groups excluding carboxylic acids is 3. The van der Waals surface area contributed by atoms with Crippen molar-refractivity contribution in [3.63, 3.8) is 0 Å². The molecule has 1 aliphatic rings. The Morgan fingerprint density at radius 2 is 1.10 bits per heavy atom. The van der Waals surface area contributed by atoms with Gasteiger partial charge in [0.05, 0.1) is 59.5 Å². The van der Waals surface area contributed by atoms with Crippen molar-refractivity contribution in [1.82, 2.24) is 47.0 Å². The van der Waals surface area contributed by atoms with Crippen LogP contribution in [0.25, 0.3) is 0 Å². The lowest BCUT2D eigenvalue weighted by atomic mass is 10.2. The molecule has 51 heavy (non-hydrogen) atoms. The maximum Gasteiger partial charge on any atom is 0.417 e. The van der Waals surface area contributed by atoms with Crippen LogP contribution in [0, 0.1) is 0 Å². The van der Waals surface area contributed by atoms with E-state index >= 15 is 0 Å². The molecule has 0 atom stereocenters. The SMILES string of the molecule is CCOC(=O)N(CC)C(=O)NCCCCCCNC(=O)NCCOCCOCCOCCOCCNCCCN1CCNCCNCCNCC1. The van der Waals surface area contributed by atoms with Crippen molar-refractivity contribution in [2.75, 3.05) is 158 Å². The van der Waals surface area contributed by atoms with Crippen LogP contribution in [-0.4, -0.2) is 186 Å². The lowest BCUT2D eigenvalue weighted by Gasteiger charge is -2.23. The van der Waals surface area contributed by atoms with E-state index in [-0.39, 0.29) is 19.2 Å². The molecule has 17 nitrogen and oxygen atoms in total. The molecule has 1 fully saturated rings. The first-order valence-electron chi connectivity index (χ1n) is 19.2. The van der Waals surface area contributed by atoms with Gasteiger partial charge in [0.1, 0.15) is 0 Å². The zero-order chi connectivity index (χ0) is 36.9. The van der Waals surface area contributed by atoms with Gasteiger partial charge in [-0.25, -0.2) is 19.3 Å². The van der Waals surface area contributed by atoms with Crippen LogP contribution in [0.3, 0.4) is 0 Å². The van der Waals surface area contributed by atoms with Gasteiger partial charge < -0.3 is 65.8 Å². The van der Waals surface area contributed by atoms with Crippen molar-refractivity contribution < 1.29 is 38.1 Å². The number of urea groups is 2. The molecule has 7 N–H and O–H groups in total. The fourth-order valence-corrected chi connectivity index (χ4v) is 4.95. The minimum atomic E-state index is -0.637. The van der Waals surface area contributed by atoms with Crippen molar-refractivity contribution >= 4 is 18.2 Å². The van der Waals surface area contributed by atoms with Crippen molar-refractivity contribution in [3.8, 4) is 0 Å². The van der Waals surface area contributed by atoms with Gasteiger partial charge >= 0.3 is 18.2 Å². The van der Waals surface area contributed by atoms with Gasteiger partial charge in [0.25, 0.3) is 0 Å². The molecule has 17 heteroatoms. The van der Waals surface area contributed by atoms with E-state index in [0.29, 0.717) is 72.5 Å². The molecular formula is C34H71N9O8. The number of hydrogen-bond donors (Lipinski definition) is 7. The molecule has 1 heterocycles. The molecule has 1 aliphatic heterocycles. The quantitative estimate of drug-likeness (QED) is 0.0540. The predicted molar refractivity (Wildman–Crippen MR) is 198 cm³/mol. The molecule has 0 radical (unpaired) electrons. The fraction of sp³-hybridized carbons (Fsp3) is 0.912. The van der Waals surface area contributed by atoms with Crippen LogP contribution in [0.1, 0.15) is 46.0 Å². The van der Waals surface area contributed by atoms with Gasteiger partial charge in [-0.2, -0.15) is 0 Å². The number of ether oxygens (including phenoxy) is 5. The summed E-state index contributed by atoms with van der Waals surface area (Å²) in [6.07, 6.45) is 3.93. The Morgan fingerprint density at radius 3 is 1.67 bits per heavy atom. The second-order valence-corrected chi connectivity index (χ2v) is 11.9. The Hall–Kier alpha value is -2.35. The zero-order valence-electron chi connectivity index (χ0n) is 31.7. The highest BCUT2D eigenvalue weighted by atomic mass is 16.6. The minimum Gasteiger partial charge on any atom is -0.449 e. The third-order valence-electron chi connectivity index (χ3n) is 7.78. The molecular weight excluding hydrogens is 662 g/mol. The molecule has 0 aromatic carbocycles. The summed E-state index contributed by atoms with van der Waals surface area (Å²) in [5, 5.41) is 22.2. The Labute approximate surface area is 306 Å². The van der Waals surface area contributed by atoms with E-state index in [0.717, 1.165) is 109 Å². The lowest BCUT2D eigenvalue weighted by Crippen LogP contribution is -2.44. The summed E-state index contributed by atoms with van der Waals surface area (Å²) in [5.41, 5.74) is 0. The summed E-state index contributed by atoms with van der Waals surface area (Å²) in [4.78, 5) is 39.2. The number of nitrogens with zero attached hydrogens (tertiary/aromatic N) is 2. The van der Waals surface area contributed by atoms with E-state index in [2.05, 4.69) is 42.1 Å². The number of carbonyl (C=O) groups is 3. The molecule has 0 aromatic heterocycles. The third-order valence-corrected chi connectivity index (χ3v) is 7.78. The van der Waals surface area contributed by atoms with Crippen LogP contribution in [0.15, 0.2) is 0 Å². The van der Waals surface area contributed by atoms with Crippen LogP contribution in [0.2, 0.25) is 0 Å². The van der Waals surface area contributed by atoms with Crippen molar-refractivity contribution in [3.05, 3.63) is 0 Å². The normalized spacial score (nSPS) is 14.6. The minimum absolute atomic E-state index is 0.224. The monoisotopic (exact) mass is 734 g/mol. The summed E-state index contributed by atoms with van der Waals surface area (Å²) in [7, 11) is 0. The Balaban J connectivity index is 1.78. The average molecular weight is 734 g/mol. The highest BCUT2D eigenvalue weighted by Gasteiger charge is 2.20. The molecule has 1 rings (SSSR count). The van der Waals surface area contributed by atoms with E-state index in [4.69, 9.17) is 23.7 Å². The molecule has 5 amide bonds. The van der Waals surface area contributed by atoms with Gasteiger partial charge in [0, 0.05) is 85.1 Å². The van der Waals surface area contributed by atoms with Gasteiger partial charge in [-0.05, 0) is 46.2 Å². The highest BCUT2D eigenvalue weighted by Crippen LogP contribution is 2.00. The van der Waals surface area contributed by atoms with Crippen LogP contribution in [-0.2, 0) is 23.7 Å². The van der Waals surface area contributed by atoms with Crippen molar-refractivity contribution in [2.24, 2.45) is 0 Å². The second kappa shape index (κ2) is 36.0. The highest BCUT2D eigenvalue weighted by molar-refractivity contribution is 5.90.